The lowest BCUT2D eigenvalue weighted by Crippen LogP contribution is -2.53. The molecule has 2 aliphatic heterocycles. The molecule has 2 heterocycles. The third-order valence-corrected chi connectivity index (χ3v) is 6.03. The summed E-state index contributed by atoms with van der Waals surface area (Å²) in [5, 5.41) is 13.7. The fourth-order valence-corrected chi connectivity index (χ4v) is 4.67. The summed E-state index contributed by atoms with van der Waals surface area (Å²) in [6.07, 6.45) is 0. The third kappa shape index (κ3) is 2.57. The topological polar surface area (TPSA) is 95.9 Å². The molecule has 2 fully saturated rings. The summed E-state index contributed by atoms with van der Waals surface area (Å²) < 4.78 is 5.11. The highest BCUT2D eigenvalue weighted by Gasteiger charge is 2.69. The zero-order chi connectivity index (χ0) is 20.9. The first-order chi connectivity index (χ1) is 13.8. The van der Waals surface area contributed by atoms with Gasteiger partial charge in [0.25, 0.3) is 0 Å². The van der Waals surface area contributed by atoms with Crippen molar-refractivity contribution < 1.29 is 24.2 Å². The number of ether oxygens (including phenoxy) is 1. The number of methoxy groups -OCH3 is 1. The number of aromatic hydroxyl groups is 1. The largest absolute Gasteiger partial charge is 0.508 e. The highest BCUT2D eigenvalue weighted by atomic mass is 16.5. The molecule has 2 aromatic carbocycles. The molecule has 0 spiro atoms. The SMILES string of the molecule is COC(=O)[C@@]1(c2ccccc2)N[C@@H](c2cc(C)ccc2O)[C@H]2C(=O)N(C)C(=O)[C@H]21. The van der Waals surface area contributed by atoms with Gasteiger partial charge in [0.15, 0.2) is 5.54 Å². The van der Waals surface area contributed by atoms with Crippen LogP contribution in [0.2, 0.25) is 0 Å². The molecule has 0 radical (unpaired) electrons. The van der Waals surface area contributed by atoms with Crippen molar-refractivity contribution in [3.05, 3.63) is 65.2 Å². The van der Waals surface area contributed by atoms with Crippen LogP contribution >= 0.6 is 0 Å². The smallest absolute Gasteiger partial charge is 0.331 e. The van der Waals surface area contributed by atoms with Crippen LogP contribution in [0.15, 0.2) is 48.5 Å². The van der Waals surface area contributed by atoms with Crippen molar-refractivity contribution >= 4 is 17.8 Å². The number of nitrogens with one attached hydrogen (secondary N) is 1. The zero-order valence-electron chi connectivity index (χ0n) is 16.4. The van der Waals surface area contributed by atoms with Gasteiger partial charge in [-0.1, -0.05) is 48.0 Å². The molecule has 0 unspecified atom stereocenters. The minimum atomic E-state index is -1.54. The Morgan fingerprint density at radius 2 is 1.83 bits per heavy atom. The van der Waals surface area contributed by atoms with Gasteiger partial charge in [0.1, 0.15) is 5.75 Å². The molecule has 2 N–H and O–H groups in total. The van der Waals surface area contributed by atoms with Gasteiger partial charge in [0.2, 0.25) is 11.8 Å². The van der Waals surface area contributed by atoms with E-state index in [1.54, 1.807) is 48.5 Å². The molecule has 29 heavy (non-hydrogen) atoms. The highest BCUT2D eigenvalue weighted by molar-refractivity contribution is 6.09. The number of aryl methyl sites for hydroxylation is 1. The Kier molecular flexibility index (Phi) is 4.42. The predicted molar refractivity (Wildman–Crippen MR) is 104 cm³/mol. The van der Waals surface area contributed by atoms with Crippen molar-refractivity contribution in [1.29, 1.82) is 0 Å². The van der Waals surface area contributed by atoms with Gasteiger partial charge in [-0.2, -0.15) is 0 Å². The Morgan fingerprint density at radius 3 is 2.48 bits per heavy atom. The number of hydrogen-bond acceptors (Lipinski definition) is 6. The first-order valence-electron chi connectivity index (χ1n) is 9.35. The van der Waals surface area contributed by atoms with Crippen LogP contribution in [0.4, 0.5) is 0 Å². The molecule has 2 amide bonds. The van der Waals surface area contributed by atoms with Gasteiger partial charge in [-0.3, -0.25) is 19.8 Å². The van der Waals surface area contributed by atoms with Crippen LogP contribution in [0.25, 0.3) is 0 Å². The predicted octanol–water partition coefficient (Wildman–Crippen LogP) is 1.64. The van der Waals surface area contributed by atoms with E-state index in [-0.39, 0.29) is 11.7 Å². The number of benzene rings is 2. The zero-order valence-corrected chi connectivity index (χ0v) is 16.4. The van der Waals surface area contributed by atoms with Gasteiger partial charge in [-0.05, 0) is 18.6 Å². The second kappa shape index (κ2) is 6.70. The van der Waals surface area contributed by atoms with E-state index in [9.17, 15) is 19.5 Å². The van der Waals surface area contributed by atoms with E-state index in [4.69, 9.17) is 4.74 Å². The van der Waals surface area contributed by atoms with E-state index in [1.165, 1.54) is 14.2 Å². The molecule has 2 aliphatic rings. The van der Waals surface area contributed by atoms with Crippen molar-refractivity contribution in [1.82, 2.24) is 10.2 Å². The van der Waals surface area contributed by atoms with Gasteiger partial charge in [0, 0.05) is 18.7 Å². The van der Waals surface area contributed by atoms with Gasteiger partial charge < -0.3 is 9.84 Å². The van der Waals surface area contributed by atoms with Crippen LogP contribution < -0.4 is 5.32 Å². The Morgan fingerprint density at radius 1 is 1.14 bits per heavy atom. The Hall–Kier alpha value is -3.19. The van der Waals surface area contributed by atoms with Crippen molar-refractivity contribution in [2.75, 3.05) is 14.2 Å². The van der Waals surface area contributed by atoms with Crippen LogP contribution in [0.1, 0.15) is 22.7 Å². The number of carbonyl (C=O) groups excluding carboxylic acids is 3. The fourth-order valence-electron chi connectivity index (χ4n) is 4.67. The highest BCUT2D eigenvalue weighted by Crippen LogP contribution is 2.54. The molecule has 4 rings (SSSR count). The molecule has 4 atom stereocenters. The number of nitrogens with zero attached hydrogens (tertiary/aromatic N) is 1. The van der Waals surface area contributed by atoms with E-state index in [0.29, 0.717) is 11.1 Å². The number of hydrogen-bond donors (Lipinski definition) is 2. The lowest BCUT2D eigenvalue weighted by atomic mass is 9.75. The Bertz CT molecular complexity index is 1010. The van der Waals surface area contributed by atoms with Crippen LogP contribution in [-0.4, -0.2) is 41.9 Å². The van der Waals surface area contributed by atoms with E-state index >= 15 is 0 Å². The van der Waals surface area contributed by atoms with Gasteiger partial charge in [-0.25, -0.2) is 4.79 Å². The van der Waals surface area contributed by atoms with Gasteiger partial charge in [0.05, 0.1) is 18.9 Å². The Balaban J connectivity index is 1.98. The number of esters is 1. The minimum absolute atomic E-state index is 0.00428. The number of amides is 2. The summed E-state index contributed by atoms with van der Waals surface area (Å²) in [7, 11) is 2.68. The number of phenolic OH excluding ortho intramolecular Hbond substituents is 1. The molecule has 2 aromatic rings. The number of imide groups is 1. The quantitative estimate of drug-likeness (QED) is 0.607. The summed E-state index contributed by atoms with van der Waals surface area (Å²) in [6.45, 7) is 1.87. The maximum absolute atomic E-state index is 13.1. The molecule has 0 aromatic heterocycles. The number of phenols is 1. The molecule has 7 nitrogen and oxygen atoms in total. The van der Waals surface area contributed by atoms with Crippen molar-refractivity contribution in [3.8, 4) is 5.75 Å². The molecule has 0 saturated carbocycles. The fraction of sp³-hybridized carbons (Fsp3) is 0.318. The molecular formula is C22H22N2O5. The maximum atomic E-state index is 13.1. The lowest BCUT2D eigenvalue weighted by molar-refractivity contribution is -0.154. The molecular weight excluding hydrogens is 372 g/mol. The summed E-state index contributed by atoms with van der Waals surface area (Å²) in [5.74, 6) is -3.32. The van der Waals surface area contributed by atoms with E-state index in [0.717, 1.165) is 10.5 Å². The van der Waals surface area contributed by atoms with Crippen LogP contribution in [0, 0.1) is 18.8 Å². The summed E-state index contributed by atoms with van der Waals surface area (Å²) in [6, 6.07) is 13.1. The van der Waals surface area contributed by atoms with E-state index in [1.807, 2.05) is 6.92 Å². The summed E-state index contributed by atoms with van der Waals surface area (Å²) >= 11 is 0. The molecule has 0 bridgehead atoms. The van der Waals surface area contributed by atoms with Gasteiger partial charge in [-0.15, -0.1) is 0 Å². The van der Waals surface area contributed by atoms with Crippen LogP contribution in [0.3, 0.4) is 0 Å². The lowest BCUT2D eigenvalue weighted by Gasteiger charge is -2.32. The first kappa shape index (κ1) is 19.1. The summed E-state index contributed by atoms with van der Waals surface area (Å²) in [5.41, 5.74) is 0.349. The minimum Gasteiger partial charge on any atom is -0.508 e. The second-order valence-corrected chi connectivity index (χ2v) is 7.59. The average molecular weight is 394 g/mol. The average Bonchev–Trinajstić information content (AvgIpc) is 3.20. The van der Waals surface area contributed by atoms with Crippen LogP contribution in [-0.2, 0) is 24.7 Å². The maximum Gasteiger partial charge on any atom is 0.331 e. The van der Waals surface area contributed by atoms with Crippen molar-refractivity contribution in [2.24, 2.45) is 11.8 Å². The van der Waals surface area contributed by atoms with Crippen molar-refractivity contribution in [2.45, 2.75) is 18.5 Å². The third-order valence-electron chi connectivity index (χ3n) is 6.03. The standard InChI is InChI=1S/C22H22N2O5/c1-12-9-10-15(25)14(11-12)18-16-17(20(27)24(2)19(16)26)22(23-18,21(28)29-3)13-7-5-4-6-8-13/h4-11,16-18,23,25H,1-3H3/t16-,17-,18-,22-/m0/s1. The number of fused-ring (bicyclic) bond motifs is 1. The summed E-state index contributed by atoms with van der Waals surface area (Å²) in [4.78, 5) is 40.4. The normalized spacial score (nSPS) is 28.5. The van der Waals surface area contributed by atoms with Crippen LogP contribution in [0.5, 0.6) is 5.75 Å². The van der Waals surface area contributed by atoms with Gasteiger partial charge >= 0.3 is 5.97 Å². The number of rotatable bonds is 3. The molecule has 7 heteroatoms. The number of likely N-dealkylation sites (tertiary alicyclic amines) is 1. The second-order valence-electron chi connectivity index (χ2n) is 7.59. The monoisotopic (exact) mass is 394 g/mol. The van der Waals surface area contributed by atoms with Crippen molar-refractivity contribution in [3.63, 3.8) is 0 Å². The van der Waals surface area contributed by atoms with E-state index in [2.05, 4.69) is 5.32 Å². The first-order valence-corrected chi connectivity index (χ1v) is 9.35. The molecule has 150 valence electrons. The number of carbonyl (C=O) groups is 3. The van der Waals surface area contributed by atoms with E-state index < -0.39 is 35.3 Å². The Labute approximate surface area is 168 Å². The molecule has 0 aliphatic carbocycles. The molecule has 2 saturated heterocycles.